The van der Waals surface area contributed by atoms with E-state index >= 15 is 0 Å². The summed E-state index contributed by atoms with van der Waals surface area (Å²) in [6.07, 6.45) is 0. The van der Waals surface area contributed by atoms with Crippen molar-refractivity contribution < 1.29 is 0 Å². The molecule has 252 valence electrons. The summed E-state index contributed by atoms with van der Waals surface area (Å²) in [6.45, 7) is 4.68. The summed E-state index contributed by atoms with van der Waals surface area (Å²) in [5.74, 6) is 0. The zero-order valence-electron chi connectivity index (χ0n) is 29.9. The van der Waals surface area contributed by atoms with E-state index in [9.17, 15) is 0 Å². The van der Waals surface area contributed by atoms with Crippen LogP contribution in [0, 0.1) is 0 Å². The van der Waals surface area contributed by atoms with Crippen LogP contribution in [0.1, 0.15) is 25.0 Å². The molecule has 0 radical (unpaired) electrons. The second-order valence-electron chi connectivity index (χ2n) is 14.6. The lowest BCUT2D eigenvalue weighted by atomic mass is 9.82. The third-order valence-electron chi connectivity index (χ3n) is 11.2. The van der Waals surface area contributed by atoms with Gasteiger partial charge in [-0.2, -0.15) is 0 Å². The van der Waals surface area contributed by atoms with E-state index in [0.29, 0.717) is 0 Å². The van der Waals surface area contributed by atoms with Crippen molar-refractivity contribution in [1.82, 2.24) is 4.57 Å². The van der Waals surface area contributed by atoms with Crippen molar-refractivity contribution in [2.75, 3.05) is 4.90 Å². The molecule has 1 aromatic heterocycles. The number of aromatic nitrogens is 1. The topological polar surface area (TPSA) is 8.17 Å². The lowest BCUT2D eigenvalue weighted by Crippen LogP contribution is -2.15. The Morgan fingerprint density at radius 3 is 1.62 bits per heavy atom. The molecule has 1 aliphatic rings. The fourth-order valence-corrected chi connectivity index (χ4v) is 8.56. The highest BCUT2D eigenvalue weighted by atomic mass is 15.1. The van der Waals surface area contributed by atoms with Gasteiger partial charge >= 0.3 is 0 Å². The van der Waals surface area contributed by atoms with Crippen molar-refractivity contribution in [3.63, 3.8) is 0 Å². The number of fused-ring (bicyclic) bond motifs is 6. The maximum atomic E-state index is 2.40. The molecular weight excluding hydrogens is 641 g/mol. The predicted molar refractivity (Wildman–Crippen MR) is 224 cm³/mol. The second-order valence-corrected chi connectivity index (χ2v) is 14.6. The summed E-state index contributed by atoms with van der Waals surface area (Å²) < 4.78 is 2.37. The number of anilines is 3. The van der Waals surface area contributed by atoms with Gasteiger partial charge in [-0.3, -0.25) is 0 Å². The van der Waals surface area contributed by atoms with Crippen LogP contribution in [0.2, 0.25) is 0 Å². The van der Waals surface area contributed by atoms with Crippen molar-refractivity contribution >= 4 is 38.9 Å². The molecule has 0 N–H and O–H groups in total. The predicted octanol–water partition coefficient (Wildman–Crippen LogP) is 13.9. The van der Waals surface area contributed by atoms with E-state index in [1.54, 1.807) is 0 Å². The minimum atomic E-state index is -0.0404. The molecule has 0 atom stereocenters. The first kappa shape index (κ1) is 31.1. The zero-order chi connectivity index (χ0) is 35.5. The van der Waals surface area contributed by atoms with Crippen molar-refractivity contribution in [2.24, 2.45) is 0 Å². The number of hydrogen-bond donors (Lipinski definition) is 0. The van der Waals surface area contributed by atoms with Crippen LogP contribution >= 0.6 is 0 Å². The normalized spacial score (nSPS) is 12.9. The molecule has 53 heavy (non-hydrogen) atoms. The molecule has 2 heteroatoms. The highest BCUT2D eigenvalue weighted by molar-refractivity contribution is 6.09. The van der Waals surface area contributed by atoms with Crippen LogP contribution in [0.5, 0.6) is 0 Å². The second kappa shape index (κ2) is 12.3. The fraction of sp³-hybridized carbons (Fsp3) is 0.0588. The summed E-state index contributed by atoms with van der Waals surface area (Å²) in [6, 6.07) is 70.8. The first-order chi connectivity index (χ1) is 26.0. The van der Waals surface area contributed by atoms with Gasteiger partial charge in [0.2, 0.25) is 0 Å². The van der Waals surface area contributed by atoms with E-state index in [4.69, 9.17) is 0 Å². The van der Waals surface area contributed by atoms with Crippen LogP contribution in [0.25, 0.3) is 60.9 Å². The average molecular weight is 679 g/mol. The number of para-hydroxylation sites is 2. The van der Waals surface area contributed by atoms with Gasteiger partial charge in [0.25, 0.3) is 0 Å². The highest BCUT2D eigenvalue weighted by Gasteiger charge is 2.35. The lowest BCUT2D eigenvalue weighted by Gasteiger charge is -2.28. The smallest absolute Gasteiger partial charge is 0.0541 e. The number of rotatable bonds is 6. The van der Waals surface area contributed by atoms with Gasteiger partial charge in [0.05, 0.1) is 11.0 Å². The summed E-state index contributed by atoms with van der Waals surface area (Å²) in [5, 5.41) is 2.55. The van der Waals surface area contributed by atoms with E-state index in [0.717, 1.165) is 22.7 Å². The van der Waals surface area contributed by atoms with Crippen LogP contribution in [0.15, 0.2) is 194 Å². The summed E-state index contributed by atoms with van der Waals surface area (Å²) in [4.78, 5) is 2.40. The molecule has 0 saturated heterocycles. The van der Waals surface area contributed by atoms with Gasteiger partial charge in [0, 0.05) is 38.9 Å². The Bertz CT molecular complexity index is 2730. The maximum absolute atomic E-state index is 2.40. The third kappa shape index (κ3) is 5.10. The Labute approximate surface area is 310 Å². The summed E-state index contributed by atoms with van der Waals surface area (Å²) in [5.41, 5.74) is 17.1. The van der Waals surface area contributed by atoms with E-state index in [-0.39, 0.29) is 5.41 Å². The third-order valence-corrected chi connectivity index (χ3v) is 11.2. The molecule has 2 nitrogen and oxygen atoms in total. The molecule has 1 heterocycles. The van der Waals surface area contributed by atoms with E-state index in [2.05, 4.69) is 217 Å². The number of benzene rings is 8. The standard InChI is InChI=1S/C51H38N2/c1-51(2)47-20-9-6-17-43(47)46-34-42(31-32-48(46)51)52(41-16-12-15-38(33-41)35-13-4-3-5-14-35)39-27-23-36(24-28-39)37-25-29-40(30-26-37)53-49-21-10-7-18-44(49)45-19-8-11-22-50(45)53/h3-34H,1-2H3. The van der Waals surface area contributed by atoms with Crippen molar-refractivity contribution in [3.05, 3.63) is 205 Å². The molecule has 9 aromatic rings. The van der Waals surface area contributed by atoms with Crippen LogP contribution < -0.4 is 4.90 Å². The Hall–Kier alpha value is -6.64. The fourth-order valence-electron chi connectivity index (χ4n) is 8.56. The Morgan fingerprint density at radius 1 is 0.377 bits per heavy atom. The van der Waals surface area contributed by atoms with Crippen LogP contribution in [0.3, 0.4) is 0 Å². The van der Waals surface area contributed by atoms with Gasteiger partial charge in [-0.1, -0.05) is 147 Å². The maximum Gasteiger partial charge on any atom is 0.0541 e. The van der Waals surface area contributed by atoms with Crippen LogP contribution in [0.4, 0.5) is 17.1 Å². The Kier molecular flexibility index (Phi) is 7.19. The van der Waals surface area contributed by atoms with Crippen molar-refractivity contribution in [1.29, 1.82) is 0 Å². The summed E-state index contributed by atoms with van der Waals surface area (Å²) in [7, 11) is 0. The Balaban J connectivity index is 1.05. The Morgan fingerprint density at radius 2 is 0.906 bits per heavy atom. The van der Waals surface area contributed by atoms with Gasteiger partial charge in [-0.15, -0.1) is 0 Å². The van der Waals surface area contributed by atoms with E-state index in [1.165, 1.54) is 66.3 Å². The zero-order valence-corrected chi connectivity index (χ0v) is 29.9. The number of nitrogens with zero attached hydrogens (tertiary/aromatic N) is 2. The number of hydrogen-bond acceptors (Lipinski definition) is 1. The average Bonchev–Trinajstić information content (AvgIpc) is 3.67. The molecule has 0 saturated carbocycles. The van der Waals surface area contributed by atoms with E-state index in [1.807, 2.05) is 0 Å². The molecule has 0 aliphatic heterocycles. The van der Waals surface area contributed by atoms with Crippen molar-refractivity contribution in [3.8, 4) is 39.1 Å². The largest absolute Gasteiger partial charge is 0.310 e. The quantitative estimate of drug-likeness (QED) is 0.170. The van der Waals surface area contributed by atoms with Gasteiger partial charge < -0.3 is 9.47 Å². The van der Waals surface area contributed by atoms with Gasteiger partial charge in [0.1, 0.15) is 0 Å². The SMILES string of the molecule is CC1(C)c2ccccc2-c2cc(N(c3ccc(-c4ccc(-n5c6ccccc6c6ccccc65)cc4)cc3)c3cccc(-c4ccccc4)c3)ccc21. The molecule has 10 rings (SSSR count). The molecular formula is C51H38N2. The van der Waals surface area contributed by atoms with Gasteiger partial charge in [-0.05, 0) is 105 Å². The van der Waals surface area contributed by atoms with Gasteiger partial charge in [0.15, 0.2) is 0 Å². The molecule has 0 bridgehead atoms. The van der Waals surface area contributed by atoms with Gasteiger partial charge in [-0.25, -0.2) is 0 Å². The molecule has 0 fully saturated rings. The van der Waals surface area contributed by atoms with E-state index < -0.39 is 0 Å². The lowest BCUT2D eigenvalue weighted by molar-refractivity contribution is 0.660. The summed E-state index contributed by atoms with van der Waals surface area (Å²) >= 11 is 0. The monoisotopic (exact) mass is 678 g/mol. The first-order valence-electron chi connectivity index (χ1n) is 18.4. The molecule has 0 unspecified atom stereocenters. The first-order valence-corrected chi connectivity index (χ1v) is 18.4. The minimum absolute atomic E-state index is 0.0404. The minimum Gasteiger partial charge on any atom is -0.310 e. The highest BCUT2D eigenvalue weighted by Crippen LogP contribution is 2.50. The van der Waals surface area contributed by atoms with Crippen LogP contribution in [-0.4, -0.2) is 4.57 Å². The molecule has 8 aromatic carbocycles. The van der Waals surface area contributed by atoms with Crippen LogP contribution in [-0.2, 0) is 5.41 Å². The molecule has 0 spiro atoms. The molecule has 0 amide bonds. The van der Waals surface area contributed by atoms with Crippen molar-refractivity contribution in [2.45, 2.75) is 19.3 Å². The molecule has 1 aliphatic carbocycles.